The Morgan fingerprint density at radius 3 is 2.36 bits per heavy atom. The van der Waals surface area contributed by atoms with E-state index in [1.807, 2.05) is 32.0 Å². The van der Waals surface area contributed by atoms with E-state index in [4.69, 9.17) is 4.74 Å². The number of carbonyl (C=O) groups is 2. The molecule has 0 spiro atoms. The first kappa shape index (κ1) is 16.5. The Bertz CT molecular complexity index is 513. The molecule has 2 rings (SSSR count). The van der Waals surface area contributed by atoms with Crippen molar-refractivity contribution in [1.82, 2.24) is 0 Å². The van der Waals surface area contributed by atoms with Crippen molar-refractivity contribution in [2.75, 3.05) is 11.9 Å². The lowest BCUT2D eigenvalue weighted by molar-refractivity contribution is -0.148. The van der Waals surface area contributed by atoms with Gasteiger partial charge in [0.15, 0.2) is 6.61 Å². The lowest BCUT2D eigenvalue weighted by Gasteiger charge is -2.20. The molecule has 1 amide bonds. The zero-order valence-corrected chi connectivity index (χ0v) is 13.5. The van der Waals surface area contributed by atoms with Crippen LogP contribution in [0.2, 0.25) is 0 Å². The standard InChI is InChI=1S/C18H25NO3/c1-13-8-14(2)10-16(9-13)19-17(20)12-22-18(21)11-15-6-4-3-5-7-15/h8-10,15H,3-7,11-12H2,1-2H3,(H,19,20). The molecule has 1 aromatic rings. The van der Waals surface area contributed by atoms with E-state index in [9.17, 15) is 9.59 Å². The first-order chi connectivity index (χ1) is 10.5. The molecule has 0 unspecified atom stereocenters. The fourth-order valence-corrected chi connectivity index (χ4v) is 3.08. The SMILES string of the molecule is Cc1cc(C)cc(NC(=O)COC(=O)CC2CCCCC2)c1. The summed E-state index contributed by atoms with van der Waals surface area (Å²) in [5.41, 5.74) is 2.92. The van der Waals surface area contributed by atoms with Gasteiger partial charge in [0.2, 0.25) is 0 Å². The first-order valence-electron chi connectivity index (χ1n) is 8.06. The van der Waals surface area contributed by atoms with Gasteiger partial charge in [-0.1, -0.05) is 25.3 Å². The highest BCUT2D eigenvalue weighted by Crippen LogP contribution is 2.26. The number of rotatable bonds is 5. The quantitative estimate of drug-likeness (QED) is 0.843. The van der Waals surface area contributed by atoms with Gasteiger partial charge in [-0.15, -0.1) is 0 Å². The highest BCUT2D eigenvalue weighted by Gasteiger charge is 2.18. The zero-order chi connectivity index (χ0) is 15.9. The van der Waals surface area contributed by atoms with E-state index < -0.39 is 0 Å². The third-order valence-corrected chi connectivity index (χ3v) is 4.05. The Balaban J connectivity index is 1.73. The predicted octanol–water partition coefficient (Wildman–Crippen LogP) is 3.76. The highest BCUT2D eigenvalue weighted by atomic mass is 16.5. The van der Waals surface area contributed by atoms with E-state index in [0.717, 1.165) is 29.7 Å². The van der Waals surface area contributed by atoms with Gasteiger partial charge in [0, 0.05) is 12.1 Å². The molecule has 1 saturated carbocycles. The molecule has 1 aliphatic rings. The van der Waals surface area contributed by atoms with Crippen molar-refractivity contribution in [2.24, 2.45) is 5.92 Å². The molecule has 0 heterocycles. The Hall–Kier alpha value is -1.84. The maximum atomic E-state index is 11.8. The monoisotopic (exact) mass is 303 g/mol. The van der Waals surface area contributed by atoms with Crippen LogP contribution < -0.4 is 5.32 Å². The molecule has 22 heavy (non-hydrogen) atoms. The van der Waals surface area contributed by atoms with Crippen LogP contribution in [0.3, 0.4) is 0 Å². The molecule has 0 saturated heterocycles. The summed E-state index contributed by atoms with van der Waals surface area (Å²) in [7, 11) is 0. The summed E-state index contributed by atoms with van der Waals surface area (Å²) in [5.74, 6) is -0.117. The molecule has 0 bridgehead atoms. The number of anilines is 1. The van der Waals surface area contributed by atoms with Gasteiger partial charge in [0.25, 0.3) is 5.91 Å². The summed E-state index contributed by atoms with van der Waals surface area (Å²) in [4.78, 5) is 23.6. The van der Waals surface area contributed by atoms with E-state index in [1.165, 1.54) is 19.3 Å². The van der Waals surface area contributed by atoms with Gasteiger partial charge in [0.05, 0.1) is 0 Å². The maximum Gasteiger partial charge on any atom is 0.306 e. The van der Waals surface area contributed by atoms with Crippen molar-refractivity contribution < 1.29 is 14.3 Å². The number of amides is 1. The second-order valence-corrected chi connectivity index (χ2v) is 6.29. The number of esters is 1. The average molecular weight is 303 g/mol. The molecule has 1 aromatic carbocycles. The van der Waals surface area contributed by atoms with Gasteiger partial charge in [-0.25, -0.2) is 0 Å². The normalized spacial score (nSPS) is 15.4. The van der Waals surface area contributed by atoms with Gasteiger partial charge in [-0.05, 0) is 55.9 Å². The molecule has 0 aromatic heterocycles. The summed E-state index contributed by atoms with van der Waals surface area (Å²) >= 11 is 0. The molecule has 1 N–H and O–H groups in total. The van der Waals surface area contributed by atoms with E-state index in [-0.39, 0.29) is 18.5 Å². The van der Waals surface area contributed by atoms with E-state index in [1.54, 1.807) is 0 Å². The van der Waals surface area contributed by atoms with Crippen LogP contribution in [0.1, 0.15) is 49.7 Å². The van der Waals surface area contributed by atoms with Crippen molar-refractivity contribution in [3.63, 3.8) is 0 Å². The van der Waals surface area contributed by atoms with Crippen LogP contribution in [-0.2, 0) is 14.3 Å². The number of carbonyl (C=O) groups excluding carboxylic acids is 2. The molecule has 120 valence electrons. The van der Waals surface area contributed by atoms with Crippen molar-refractivity contribution in [3.05, 3.63) is 29.3 Å². The topological polar surface area (TPSA) is 55.4 Å². The minimum absolute atomic E-state index is 0.210. The van der Waals surface area contributed by atoms with Crippen LogP contribution in [0.4, 0.5) is 5.69 Å². The second kappa shape index (κ2) is 7.97. The first-order valence-corrected chi connectivity index (χ1v) is 8.06. The summed E-state index contributed by atoms with van der Waals surface area (Å²) in [6.07, 6.45) is 6.31. The Labute approximate surface area is 132 Å². The smallest absolute Gasteiger partial charge is 0.306 e. The van der Waals surface area contributed by atoms with Crippen LogP contribution in [0, 0.1) is 19.8 Å². The number of aryl methyl sites for hydroxylation is 2. The zero-order valence-electron chi connectivity index (χ0n) is 13.5. The van der Waals surface area contributed by atoms with Crippen molar-refractivity contribution >= 4 is 17.6 Å². The summed E-state index contributed by atoms with van der Waals surface area (Å²) in [6, 6.07) is 5.84. The maximum absolute atomic E-state index is 11.8. The van der Waals surface area contributed by atoms with E-state index in [0.29, 0.717) is 12.3 Å². The Kier molecular flexibility index (Phi) is 5.99. The molecule has 1 fully saturated rings. The molecule has 0 aliphatic heterocycles. The molecule has 1 aliphatic carbocycles. The van der Waals surface area contributed by atoms with Gasteiger partial charge >= 0.3 is 5.97 Å². The summed E-state index contributed by atoms with van der Waals surface area (Å²) in [6.45, 7) is 3.75. The van der Waals surface area contributed by atoms with Crippen molar-refractivity contribution in [2.45, 2.75) is 52.4 Å². The highest BCUT2D eigenvalue weighted by molar-refractivity contribution is 5.92. The molecule has 4 nitrogen and oxygen atoms in total. The number of hydrogen-bond donors (Lipinski definition) is 1. The van der Waals surface area contributed by atoms with Crippen LogP contribution in [0.15, 0.2) is 18.2 Å². The van der Waals surface area contributed by atoms with Crippen LogP contribution in [-0.4, -0.2) is 18.5 Å². The summed E-state index contributed by atoms with van der Waals surface area (Å²) in [5, 5.41) is 2.77. The van der Waals surface area contributed by atoms with Gasteiger partial charge in [-0.3, -0.25) is 9.59 Å². The largest absolute Gasteiger partial charge is 0.456 e. The minimum Gasteiger partial charge on any atom is -0.456 e. The van der Waals surface area contributed by atoms with Crippen molar-refractivity contribution in [1.29, 1.82) is 0 Å². The number of benzene rings is 1. The lowest BCUT2D eigenvalue weighted by Crippen LogP contribution is -2.22. The fraction of sp³-hybridized carbons (Fsp3) is 0.556. The van der Waals surface area contributed by atoms with Gasteiger partial charge in [0.1, 0.15) is 0 Å². The second-order valence-electron chi connectivity index (χ2n) is 6.29. The Morgan fingerprint density at radius 2 is 1.73 bits per heavy atom. The van der Waals surface area contributed by atoms with Gasteiger partial charge < -0.3 is 10.1 Å². The van der Waals surface area contributed by atoms with Crippen LogP contribution in [0.25, 0.3) is 0 Å². The van der Waals surface area contributed by atoms with Crippen LogP contribution >= 0.6 is 0 Å². The third kappa shape index (κ3) is 5.51. The fourth-order valence-electron chi connectivity index (χ4n) is 3.08. The number of nitrogens with one attached hydrogen (secondary N) is 1. The number of hydrogen-bond acceptors (Lipinski definition) is 3. The van der Waals surface area contributed by atoms with Crippen LogP contribution in [0.5, 0.6) is 0 Å². The Morgan fingerprint density at radius 1 is 1.09 bits per heavy atom. The molecule has 4 heteroatoms. The summed E-state index contributed by atoms with van der Waals surface area (Å²) < 4.78 is 5.09. The predicted molar refractivity (Wildman–Crippen MR) is 86.7 cm³/mol. The van der Waals surface area contributed by atoms with E-state index in [2.05, 4.69) is 5.32 Å². The number of ether oxygens (including phenoxy) is 1. The molecular formula is C18H25NO3. The van der Waals surface area contributed by atoms with E-state index >= 15 is 0 Å². The average Bonchev–Trinajstić information content (AvgIpc) is 2.45. The minimum atomic E-state index is -0.290. The lowest BCUT2D eigenvalue weighted by atomic mass is 9.87. The van der Waals surface area contributed by atoms with Gasteiger partial charge in [-0.2, -0.15) is 0 Å². The molecule has 0 radical (unpaired) electrons. The third-order valence-electron chi connectivity index (χ3n) is 4.05. The van der Waals surface area contributed by atoms with Crippen molar-refractivity contribution in [3.8, 4) is 0 Å². The molecule has 0 atom stereocenters. The molecular weight excluding hydrogens is 278 g/mol.